The first-order chi connectivity index (χ1) is 7.82. The zero-order valence-corrected chi connectivity index (χ0v) is 12.0. The van der Waals surface area contributed by atoms with Crippen LogP contribution in [0.25, 0.3) is 0 Å². The number of amides is 1. The van der Waals surface area contributed by atoms with Gasteiger partial charge in [0.15, 0.2) is 0 Å². The van der Waals surface area contributed by atoms with Crippen molar-refractivity contribution in [2.45, 2.75) is 39.2 Å². The van der Waals surface area contributed by atoms with Crippen molar-refractivity contribution in [1.82, 2.24) is 9.88 Å². The molecule has 1 unspecified atom stereocenters. The minimum Gasteiger partial charge on any atom is -0.344 e. The number of nitrogens with zero attached hydrogens (tertiary/aromatic N) is 2. The molecule has 0 aliphatic rings. The number of nitrogens with two attached hydrogens (primary N) is 1. The van der Waals surface area contributed by atoms with Gasteiger partial charge in [-0.25, -0.2) is 4.98 Å². The van der Waals surface area contributed by atoms with E-state index in [0.717, 1.165) is 22.0 Å². The summed E-state index contributed by atoms with van der Waals surface area (Å²) in [6.45, 7) is 6.05. The fourth-order valence-electron chi connectivity index (χ4n) is 1.49. The van der Waals surface area contributed by atoms with Gasteiger partial charge < -0.3 is 10.6 Å². The van der Waals surface area contributed by atoms with Crippen LogP contribution < -0.4 is 5.73 Å². The number of hydrogen-bond acceptors (Lipinski definition) is 4. The van der Waals surface area contributed by atoms with Crippen LogP contribution in [0.4, 0.5) is 0 Å². The van der Waals surface area contributed by atoms with E-state index in [1.807, 2.05) is 6.92 Å². The van der Waals surface area contributed by atoms with Crippen LogP contribution in [0.2, 0.25) is 0 Å². The van der Waals surface area contributed by atoms with Crippen molar-refractivity contribution in [2.24, 2.45) is 5.73 Å². The largest absolute Gasteiger partial charge is 0.344 e. The molecular weight excluding hydrogens is 234 g/mol. The average Bonchev–Trinajstić information content (AvgIpc) is 2.59. The fourth-order valence-corrected chi connectivity index (χ4v) is 2.87. The van der Waals surface area contributed by atoms with Crippen LogP contribution in [-0.4, -0.2) is 35.9 Å². The number of carbonyl (C=O) groups is 1. The van der Waals surface area contributed by atoms with Crippen LogP contribution in [0, 0.1) is 0 Å². The summed E-state index contributed by atoms with van der Waals surface area (Å²) in [7, 11) is 3.52. The number of rotatable bonds is 4. The van der Waals surface area contributed by atoms with Gasteiger partial charge >= 0.3 is 0 Å². The standard InChI is InChI=1S/C12H21N3OS/c1-7(2)10-11(12(16)15(4)5)17-9(14-10)6-8(3)13/h7-8H,6,13H2,1-5H3. The first-order valence-electron chi connectivity index (χ1n) is 5.79. The van der Waals surface area contributed by atoms with Crippen LogP contribution in [-0.2, 0) is 6.42 Å². The highest BCUT2D eigenvalue weighted by Gasteiger charge is 2.21. The highest BCUT2D eigenvalue weighted by Crippen LogP contribution is 2.26. The maximum absolute atomic E-state index is 12.0. The molecule has 1 amide bonds. The minimum atomic E-state index is 0.0297. The summed E-state index contributed by atoms with van der Waals surface area (Å²) in [5, 5.41) is 0.953. The summed E-state index contributed by atoms with van der Waals surface area (Å²) >= 11 is 1.47. The van der Waals surface area contributed by atoms with Crippen LogP contribution in [0.1, 0.15) is 47.1 Å². The Morgan fingerprint density at radius 2 is 2.00 bits per heavy atom. The highest BCUT2D eigenvalue weighted by molar-refractivity contribution is 7.13. The normalized spacial score (nSPS) is 12.9. The van der Waals surface area contributed by atoms with E-state index in [2.05, 4.69) is 18.8 Å². The highest BCUT2D eigenvalue weighted by atomic mass is 32.1. The molecule has 5 heteroatoms. The molecule has 0 spiro atoms. The van der Waals surface area contributed by atoms with E-state index < -0.39 is 0 Å². The second kappa shape index (κ2) is 5.60. The van der Waals surface area contributed by atoms with Crippen molar-refractivity contribution in [1.29, 1.82) is 0 Å². The molecule has 96 valence electrons. The molecule has 1 heterocycles. The van der Waals surface area contributed by atoms with E-state index in [9.17, 15) is 4.79 Å². The van der Waals surface area contributed by atoms with Gasteiger partial charge in [0.25, 0.3) is 5.91 Å². The van der Waals surface area contributed by atoms with Crippen LogP contribution in [0.3, 0.4) is 0 Å². The molecule has 0 saturated carbocycles. The van der Waals surface area contributed by atoms with E-state index >= 15 is 0 Å². The molecular formula is C12H21N3OS. The Hall–Kier alpha value is -0.940. The zero-order valence-electron chi connectivity index (χ0n) is 11.2. The lowest BCUT2D eigenvalue weighted by Crippen LogP contribution is -2.22. The quantitative estimate of drug-likeness (QED) is 0.893. The maximum Gasteiger partial charge on any atom is 0.265 e. The molecule has 0 bridgehead atoms. The smallest absolute Gasteiger partial charge is 0.265 e. The minimum absolute atomic E-state index is 0.0297. The molecule has 4 nitrogen and oxygen atoms in total. The number of aromatic nitrogens is 1. The van der Waals surface area contributed by atoms with Gasteiger partial charge in [-0.2, -0.15) is 0 Å². The molecule has 17 heavy (non-hydrogen) atoms. The lowest BCUT2D eigenvalue weighted by molar-refractivity contribution is 0.0830. The van der Waals surface area contributed by atoms with E-state index in [-0.39, 0.29) is 17.9 Å². The van der Waals surface area contributed by atoms with Gasteiger partial charge in [0.2, 0.25) is 0 Å². The molecule has 0 aliphatic carbocycles. The van der Waals surface area contributed by atoms with Crippen molar-refractivity contribution < 1.29 is 4.79 Å². The van der Waals surface area contributed by atoms with Gasteiger partial charge in [0, 0.05) is 26.6 Å². The van der Waals surface area contributed by atoms with Gasteiger partial charge in [-0.3, -0.25) is 4.79 Å². The van der Waals surface area contributed by atoms with Crippen molar-refractivity contribution in [3.05, 3.63) is 15.6 Å². The van der Waals surface area contributed by atoms with Crippen LogP contribution in [0.5, 0.6) is 0 Å². The van der Waals surface area contributed by atoms with E-state index in [0.29, 0.717) is 0 Å². The molecule has 1 rings (SSSR count). The third-order valence-electron chi connectivity index (χ3n) is 2.34. The van der Waals surface area contributed by atoms with Gasteiger partial charge in [-0.15, -0.1) is 11.3 Å². The first-order valence-corrected chi connectivity index (χ1v) is 6.61. The Labute approximate surface area is 107 Å². The Balaban J connectivity index is 3.09. The Kier molecular flexibility index (Phi) is 4.65. The zero-order chi connectivity index (χ0) is 13.2. The third-order valence-corrected chi connectivity index (χ3v) is 3.42. The number of thiazole rings is 1. The second-order valence-electron chi connectivity index (χ2n) is 4.86. The Morgan fingerprint density at radius 3 is 2.41 bits per heavy atom. The van der Waals surface area contributed by atoms with Crippen molar-refractivity contribution >= 4 is 17.2 Å². The number of hydrogen-bond donors (Lipinski definition) is 1. The summed E-state index contributed by atoms with van der Waals surface area (Å²) in [5.74, 6) is 0.286. The van der Waals surface area contributed by atoms with Gasteiger partial charge in [0.1, 0.15) is 4.88 Å². The first kappa shape index (κ1) is 14.1. The summed E-state index contributed by atoms with van der Waals surface area (Å²) in [4.78, 5) is 18.9. The predicted octanol–water partition coefficient (Wildman–Crippen LogP) is 1.86. The molecule has 1 atom stereocenters. The SMILES string of the molecule is CC(N)Cc1nc(C(C)C)c(C(=O)N(C)C)s1. The van der Waals surface area contributed by atoms with Gasteiger partial charge in [-0.1, -0.05) is 13.8 Å². The van der Waals surface area contributed by atoms with Crippen LogP contribution in [0.15, 0.2) is 0 Å². The Morgan fingerprint density at radius 1 is 1.41 bits per heavy atom. The van der Waals surface area contributed by atoms with Crippen molar-refractivity contribution in [3.63, 3.8) is 0 Å². The summed E-state index contributed by atoms with van der Waals surface area (Å²) < 4.78 is 0. The molecule has 0 fully saturated rings. The molecule has 1 aromatic heterocycles. The van der Waals surface area contributed by atoms with Gasteiger partial charge in [0.05, 0.1) is 10.7 Å². The lowest BCUT2D eigenvalue weighted by Gasteiger charge is -2.10. The molecule has 0 radical (unpaired) electrons. The topological polar surface area (TPSA) is 59.2 Å². The van der Waals surface area contributed by atoms with Crippen LogP contribution >= 0.6 is 11.3 Å². The average molecular weight is 255 g/mol. The van der Waals surface area contributed by atoms with Gasteiger partial charge in [-0.05, 0) is 12.8 Å². The third kappa shape index (κ3) is 3.51. The molecule has 0 aromatic carbocycles. The molecule has 2 N–H and O–H groups in total. The molecule has 0 saturated heterocycles. The molecule has 0 aliphatic heterocycles. The monoisotopic (exact) mass is 255 g/mol. The summed E-state index contributed by atoms with van der Waals surface area (Å²) in [6.07, 6.45) is 0.727. The van der Waals surface area contributed by atoms with E-state index in [1.165, 1.54) is 11.3 Å². The summed E-state index contributed by atoms with van der Waals surface area (Å²) in [6, 6.07) is 0.0727. The maximum atomic E-state index is 12.0. The second-order valence-corrected chi connectivity index (χ2v) is 5.94. The number of carbonyl (C=O) groups excluding carboxylic acids is 1. The Bertz CT molecular complexity index is 396. The molecule has 1 aromatic rings. The van der Waals surface area contributed by atoms with E-state index in [1.54, 1.807) is 19.0 Å². The van der Waals surface area contributed by atoms with Crippen molar-refractivity contribution in [3.8, 4) is 0 Å². The lowest BCUT2D eigenvalue weighted by atomic mass is 10.1. The van der Waals surface area contributed by atoms with Crippen molar-refractivity contribution in [2.75, 3.05) is 14.1 Å². The predicted molar refractivity (Wildman–Crippen MR) is 71.6 cm³/mol. The van der Waals surface area contributed by atoms with E-state index in [4.69, 9.17) is 5.73 Å². The summed E-state index contributed by atoms with van der Waals surface area (Å²) in [5.41, 5.74) is 6.66. The fraction of sp³-hybridized carbons (Fsp3) is 0.667.